The largest absolute Gasteiger partial charge is 0.344 e. The maximum Gasteiger partial charge on any atom is 0.245 e. The van der Waals surface area contributed by atoms with Crippen molar-refractivity contribution in [2.75, 3.05) is 18.1 Å². The molecule has 4 nitrogen and oxygen atoms in total. The lowest BCUT2D eigenvalue weighted by Gasteiger charge is -2.30. The van der Waals surface area contributed by atoms with E-state index < -0.39 is 6.04 Å². The molecule has 0 bridgehead atoms. The Morgan fingerprint density at radius 2 is 2.39 bits per heavy atom. The molecule has 2 rings (SSSR count). The van der Waals surface area contributed by atoms with Gasteiger partial charge in [0.1, 0.15) is 6.04 Å². The minimum absolute atomic E-state index is 0.0470. The summed E-state index contributed by atoms with van der Waals surface area (Å²) >= 11 is 3.27. The lowest BCUT2D eigenvalue weighted by atomic mass is 10.1. The summed E-state index contributed by atoms with van der Waals surface area (Å²) < 4.78 is 0. The Morgan fingerprint density at radius 3 is 3.13 bits per heavy atom. The van der Waals surface area contributed by atoms with Gasteiger partial charge in [0.15, 0.2) is 0 Å². The summed E-state index contributed by atoms with van der Waals surface area (Å²) in [5, 5.41) is 4.99. The molecule has 0 spiro atoms. The van der Waals surface area contributed by atoms with Crippen molar-refractivity contribution in [3.8, 4) is 0 Å². The Hall–Kier alpha value is -1.27. The third-order valence-electron chi connectivity index (χ3n) is 3.80. The van der Waals surface area contributed by atoms with Crippen molar-refractivity contribution in [2.24, 2.45) is 0 Å². The van der Waals surface area contributed by atoms with Crippen LogP contribution in [0.25, 0.3) is 0 Å². The molecule has 0 radical (unpaired) electrons. The zero-order valence-electron chi connectivity index (χ0n) is 13.5. The highest BCUT2D eigenvalue weighted by molar-refractivity contribution is 8.00. The molecule has 0 aliphatic carbocycles. The second-order valence-electron chi connectivity index (χ2n) is 5.59. The van der Waals surface area contributed by atoms with Gasteiger partial charge in [-0.1, -0.05) is 19.4 Å². The molecule has 126 valence electrons. The van der Waals surface area contributed by atoms with Gasteiger partial charge in [-0.2, -0.15) is 0 Å². The highest BCUT2D eigenvalue weighted by Gasteiger charge is 2.28. The summed E-state index contributed by atoms with van der Waals surface area (Å²) in [4.78, 5) is 28.1. The molecule has 1 aromatic rings. The van der Waals surface area contributed by atoms with Crippen LogP contribution >= 0.6 is 23.1 Å². The van der Waals surface area contributed by atoms with Gasteiger partial charge in [-0.15, -0.1) is 29.7 Å². The van der Waals surface area contributed by atoms with Crippen molar-refractivity contribution in [3.05, 3.63) is 34.5 Å². The topological polar surface area (TPSA) is 49.4 Å². The zero-order chi connectivity index (χ0) is 16.7. The van der Waals surface area contributed by atoms with E-state index in [0.29, 0.717) is 18.7 Å². The van der Waals surface area contributed by atoms with Gasteiger partial charge in [-0.25, -0.2) is 0 Å². The number of thioether (sulfide) groups is 1. The fourth-order valence-electron chi connectivity index (χ4n) is 2.67. The van der Waals surface area contributed by atoms with Crippen molar-refractivity contribution in [3.63, 3.8) is 0 Å². The Bertz CT molecular complexity index is 557. The van der Waals surface area contributed by atoms with Crippen molar-refractivity contribution >= 4 is 34.9 Å². The molecule has 2 heterocycles. The van der Waals surface area contributed by atoms with E-state index in [9.17, 15) is 9.59 Å². The summed E-state index contributed by atoms with van der Waals surface area (Å²) in [7, 11) is 0. The van der Waals surface area contributed by atoms with E-state index in [1.807, 2.05) is 11.8 Å². The van der Waals surface area contributed by atoms with E-state index in [1.54, 1.807) is 17.4 Å². The SMILES string of the molecule is C=CCSCC(=O)NC(CCC)C(=O)N1CCc2sccc2C1. The molecule has 2 amide bonds. The molecule has 0 aromatic carbocycles. The first-order valence-corrected chi connectivity index (χ1v) is 10.0. The third-order valence-corrected chi connectivity index (χ3v) is 5.76. The highest BCUT2D eigenvalue weighted by atomic mass is 32.2. The third kappa shape index (κ3) is 5.11. The van der Waals surface area contributed by atoms with Gasteiger partial charge in [-0.3, -0.25) is 9.59 Å². The van der Waals surface area contributed by atoms with Crippen LogP contribution < -0.4 is 5.32 Å². The van der Waals surface area contributed by atoms with Crippen LogP contribution in [0.4, 0.5) is 0 Å². The van der Waals surface area contributed by atoms with E-state index in [2.05, 4.69) is 23.3 Å². The number of hydrogen-bond acceptors (Lipinski definition) is 4. The maximum atomic E-state index is 12.8. The summed E-state index contributed by atoms with van der Waals surface area (Å²) in [6.07, 6.45) is 4.25. The predicted octanol–water partition coefficient (Wildman–Crippen LogP) is 2.84. The van der Waals surface area contributed by atoms with Crippen LogP contribution in [-0.2, 0) is 22.6 Å². The average molecular weight is 353 g/mol. The fraction of sp³-hybridized carbons (Fsp3) is 0.529. The van der Waals surface area contributed by atoms with Crippen molar-refractivity contribution in [2.45, 2.75) is 38.8 Å². The summed E-state index contributed by atoms with van der Waals surface area (Å²) in [5.74, 6) is 1.09. The van der Waals surface area contributed by atoms with Crippen LogP contribution in [0.5, 0.6) is 0 Å². The Kier molecular flexibility index (Phi) is 7.17. The molecule has 1 aliphatic heterocycles. The Morgan fingerprint density at radius 1 is 1.57 bits per heavy atom. The molecule has 1 aliphatic rings. The summed E-state index contributed by atoms with van der Waals surface area (Å²) in [5.41, 5.74) is 1.25. The van der Waals surface area contributed by atoms with E-state index in [0.717, 1.165) is 25.1 Å². The fourth-order valence-corrected chi connectivity index (χ4v) is 4.12. The average Bonchev–Trinajstić information content (AvgIpc) is 3.01. The maximum absolute atomic E-state index is 12.8. The number of thiophene rings is 1. The number of nitrogens with one attached hydrogen (secondary N) is 1. The van der Waals surface area contributed by atoms with Gasteiger partial charge in [0.2, 0.25) is 11.8 Å². The van der Waals surface area contributed by atoms with Gasteiger partial charge in [0.05, 0.1) is 5.75 Å². The minimum Gasteiger partial charge on any atom is -0.344 e. The number of carbonyl (C=O) groups is 2. The van der Waals surface area contributed by atoms with Crippen molar-refractivity contribution < 1.29 is 9.59 Å². The zero-order valence-corrected chi connectivity index (χ0v) is 15.2. The second-order valence-corrected chi connectivity index (χ2v) is 7.62. The van der Waals surface area contributed by atoms with Crippen LogP contribution in [0, 0.1) is 0 Å². The van der Waals surface area contributed by atoms with Crippen LogP contribution in [0.15, 0.2) is 24.1 Å². The van der Waals surface area contributed by atoms with E-state index in [1.165, 1.54) is 22.2 Å². The molecule has 1 atom stereocenters. The molecule has 1 aromatic heterocycles. The van der Waals surface area contributed by atoms with Crippen molar-refractivity contribution in [1.29, 1.82) is 0 Å². The normalized spacial score (nSPS) is 14.9. The molecule has 23 heavy (non-hydrogen) atoms. The monoisotopic (exact) mass is 352 g/mol. The van der Waals surface area contributed by atoms with Gasteiger partial charge in [-0.05, 0) is 29.9 Å². The quantitative estimate of drug-likeness (QED) is 0.578. The van der Waals surface area contributed by atoms with Gasteiger partial charge >= 0.3 is 0 Å². The van der Waals surface area contributed by atoms with Crippen molar-refractivity contribution in [1.82, 2.24) is 10.2 Å². The predicted molar refractivity (Wildman–Crippen MR) is 97.8 cm³/mol. The standard InChI is InChI=1S/C17H24N2O2S2/c1-3-5-14(18-16(20)12-22-9-4-2)17(21)19-8-6-15-13(11-19)7-10-23-15/h4,7,10,14H,2-3,5-6,8-9,11-12H2,1H3,(H,18,20). The Labute approximate surface area is 146 Å². The smallest absolute Gasteiger partial charge is 0.245 e. The molecular formula is C17H24N2O2S2. The molecule has 0 saturated carbocycles. The lowest BCUT2D eigenvalue weighted by Crippen LogP contribution is -2.50. The van der Waals surface area contributed by atoms with Crippen LogP contribution in [-0.4, -0.2) is 40.8 Å². The Balaban J connectivity index is 1.93. The molecule has 0 saturated heterocycles. The second kappa shape index (κ2) is 9.13. The van der Waals surface area contributed by atoms with Gasteiger partial charge < -0.3 is 10.2 Å². The van der Waals surface area contributed by atoms with Gasteiger partial charge in [0, 0.05) is 23.7 Å². The molecule has 1 N–H and O–H groups in total. The van der Waals surface area contributed by atoms with Crippen LogP contribution in [0.3, 0.4) is 0 Å². The van der Waals surface area contributed by atoms with E-state index in [-0.39, 0.29) is 11.8 Å². The minimum atomic E-state index is -0.406. The van der Waals surface area contributed by atoms with E-state index >= 15 is 0 Å². The molecule has 6 heteroatoms. The number of fused-ring (bicyclic) bond motifs is 1. The first-order chi connectivity index (χ1) is 11.2. The number of nitrogens with zero attached hydrogens (tertiary/aromatic N) is 1. The van der Waals surface area contributed by atoms with Gasteiger partial charge in [0.25, 0.3) is 0 Å². The molecular weight excluding hydrogens is 328 g/mol. The molecule has 1 unspecified atom stereocenters. The number of amides is 2. The van der Waals surface area contributed by atoms with Crippen LogP contribution in [0.1, 0.15) is 30.2 Å². The first-order valence-electron chi connectivity index (χ1n) is 7.97. The summed E-state index contributed by atoms with van der Waals surface area (Å²) in [6, 6.07) is 1.69. The lowest BCUT2D eigenvalue weighted by molar-refractivity contribution is -0.137. The van der Waals surface area contributed by atoms with E-state index in [4.69, 9.17) is 0 Å². The number of carbonyl (C=O) groups excluding carboxylic acids is 2. The number of hydrogen-bond donors (Lipinski definition) is 1. The highest BCUT2D eigenvalue weighted by Crippen LogP contribution is 2.24. The number of rotatable bonds is 8. The first kappa shape index (κ1) is 18.1. The molecule has 0 fully saturated rings. The van der Waals surface area contributed by atoms with Crippen LogP contribution in [0.2, 0.25) is 0 Å². The summed E-state index contributed by atoms with van der Waals surface area (Å²) in [6.45, 7) is 7.08.